The molecule has 3 rings (SSSR count). The molecule has 22 heavy (non-hydrogen) atoms. The molecule has 6 nitrogen and oxygen atoms in total. The molecule has 1 aromatic carbocycles. The second-order valence-corrected chi connectivity index (χ2v) is 5.10. The number of hydrogen-bond acceptors (Lipinski definition) is 5. The molecule has 0 amide bonds. The highest BCUT2D eigenvalue weighted by atomic mass is 16.1. The molecule has 2 heterocycles. The summed E-state index contributed by atoms with van der Waals surface area (Å²) in [6.07, 6.45) is 3.87. The van der Waals surface area contributed by atoms with E-state index in [0.29, 0.717) is 17.9 Å². The summed E-state index contributed by atoms with van der Waals surface area (Å²) < 4.78 is 0. The maximum atomic E-state index is 12.4. The standard InChI is InChI=1S/C16H17N5O/c17-8-15-19-6-5-14(21-15)16(22)12(18)7-10-9-20-13-4-2-1-3-11(10)13/h1-6,9,12,20H,7-8,17-18H2/t12-/m0/s1. The molecule has 0 unspecified atom stereocenters. The summed E-state index contributed by atoms with van der Waals surface area (Å²) in [5.74, 6) is 0.229. The van der Waals surface area contributed by atoms with E-state index >= 15 is 0 Å². The molecule has 5 N–H and O–H groups in total. The fraction of sp³-hybridized carbons (Fsp3) is 0.188. The number of nitrogens with one attached hydrogen (secondary N) is 1. The van der Waals surface area contributed by atoms with Crippen molar-refractivity contribution < 1.29 is 4.79 Å². The normalized spacial score (nSPS) is 12.5. The Morgan fingerprint density at radius 3 is 2.91 bits per heavy atom. The van der Waals surface area contributed by atoms with Crippen molar-refractivity contribution in [3.8, 4) is 0 Å². The van der Waals surface area contributed by atoms with Gasteiger partial charge < -0.3 is 16.5 Å². The number of ketones is 1. The minimum atomic E-state index is -0.653. The largest absolute Gasteiger partial charge is 0.361 e. The third-order valence-corrected chi connectivity index (χ3v) is 3.59. The molecular weight excluding hydrogens is 278 g/mol. The molecule has 0 aliphatic carbocycles. The van der Waals surface area contributed by atoms with Gasteiger partial charge in [-0.25, -0.2) is 9.97 Å². The van der Waals surface area contributed by atoms with Crippen LogP contribution in [0.25, 0.3) is 10.9 Å². The summed E-state index contributed by atoms with van der Waals surface area (Å²) in [5.41, 5.74) is 13.9. The average molecular weight is 295 g/mol. The van der Waals surface area contributed by atoms with E-state index in [4.69, 9.17) is 11.5 Å². The lowest BCUT2D eigenvalue weighted by molar-refractivity contribution is 0.0955. The molecule has 0 spiro atoms. The number of H-pyrrole nitrogens is 1. The Morgan fingerprint density at radius 2 is 2.09 bits per heavy atom. The van der Waals surface area contributed by atoms with Gasteiger partial charge in [-0.2, -0.15) is 0 Å². The fourth-order valence-corrected chi connectivity index (χ4v) is 2.45. The Labute approximate surface area is 127 Å². The predicted octanol–water partition coefficient (Wildman–Crippen LogP) is 1.17. The average Bonchev–Trinajstić information content (AvgIpc) is 2.97. The van der Waals surface area contributed by atoms with Gasteiger partial charge in [0.1, 0.15) is 11.5 Å². The van der Waals surface area contributed by atoms with Gasteiger partial charge in [-0.05, 0) is 24.1 Å². The maximum Gasteiger partial charge on any atom is 0.198 e. The van der Waals surface area contributed by atoms with Crippen LogP contribution in [0.2, 0.25) is 0 Å². The van der Waals surface area contributed by atoms with Crippen molar-refractivity contribution in [1.29, 1.82) is 0 Å². The summed E-state index contributed by atoms with van der Waals surface area (Å²) >= 11 is 0. The predicted molar refractivity (Wildman–Crippen MR) is 84.2 cm³/mol. The molecule has 6 heteroatoms. The number of Topliss-reactive ketones (excluding diaryl/α,β-unsaturated/α-hetero) is 1. The highest BCUT2D eigenvalue weighted by Gasteiger charge is 2.19. The van der Waals surface area contributed by atoms with Crippen LogP contribution in [0, 0.1) is 0 Å². The maximum absolute atomic E-state index is 12.4. The molecule has 0 aliphatic heterocycles. The second-order valence-electron chi connectivity index (χ2n) is 5.10. The number of hydrogen-bond donors (Lipinski definition) is 3. The van der Waals surface area contributed by atoms with Gasteiger partial charge in [-0.15, -0.1) is 0 Å². The summed E-state index contributed by atoms with van der Waals surface area (Å²) in [6, 6.07) is 8.84. The van der Waals surface area contributed by atoms with Gasteiger partial charge in [0.25, 0.3) is 0 Å². The molecule has 112 valence electrons. The number of rotatable bonds is 5. The zero-order chi connectivity index (χ0) is 15.5. The van der Waals surface area contributed by atoms with Crippen LogP contribution in [0.5, 0.6) is 0 Å². The molecular formula is C16H17N5O. The van der Waals surface area contributed by atoms with Crippen LogP contribution in [-0.2, 0) is 13.0 Å². The Morgan fingerprint density at radius 1 is 1.27 bits per heavy atom. The van der Waals surface area contributed by atoms with Crippen LogP contribution in [0.1, 0.15) is 21.9 Å². The van der Waals surface area contributed by atoms with Gasteiger partial charge in [0, 0.05) is 23.3 Å². The molecule has 0 bridgehead atoms. The smallest absolute Gasteiger partial charge is 0.198 e. The van der Waals surface area contributed by atoms with Gasteiger partial charge in [-0.1, -0.05) is 18.2 Å². The summed E-state index contributed by atoms with van der Waals surface area (Å²) in [6.45, 7) is 0.193. The Kier molecular flexibility index (Phi) is 3.95. The van der Waals surface area contributed by atoms with Crippen molar-refractivity contribution in [3.05, 3.63) is 59.8 Å². The van der Waals surface area contributed by atoms with Crippen LogP contribution in [-0.4, -0.2) is 26.8 Å². The SMILES string of the molecule is NCc1nccc(C(=O)[C@@H](N)Cc2c[nH]c3ccccc23)n1. The number of carbonyl (C=O) groups is 1. The van der Waals surface area contributed by atoms with Crippen LogP contribution >= 0.6 is 0 Å². The van der Waals surface area contributed by atoms with E-state index < -0.39 is 6.04 Å². The monoisotopic (exact) mass is 295 g/mol. The highest BCUT2D eigenvalue weighted by molar-refractivity contribution is 5.98. The number of carbonyl (C=O) groups excluding carboxylic acids is 1. The molecule has 0 saturated carbocycles. The second kappa shape index (κ2) is 6.05. The van der Waals surface area contributed by atoms with Gasteiger partial charge in [-0.3, -0.25) is 4.79 Å². The minimum Gasteiger partial charge on any atom is -0.361 e. The third-order valence-electron chi connectivity index (χ3n) is 3.59. The summed E-state index contributed by atoms with van der Waals surface area (Å²) in [4.78, 5) is 23.7. The lowest BCUT2D eigenvalue weighted by Gasteiger charge is -2.10. The van der Waals surface area contributed by atoms with Crippen LogP contribution in [0.4, 0.5) is 0 Å². The zero-order valence-corrected chi connectivity index (χ0v) is 12.0. The Bertz CT molecular complexity index is 811. The number of nitrogens with two attached hydrogens (primary N) is 2. The minimum absolute atomic E-state index is 0.193. The van der Waals surface area contributed by atoms with E-state index in [1.165, 1.54) is 6.20 Å². The lowest BCUT2D eigenvalue weighted by atomic mass is 10.0. The van der Waals surface area contributed by atoms with Crippen molar-refractivity contribution in [3.63, 3.8) is 0 Å². The molecule has 0 saturated heterocycles. The van der Waals surface area contributed by atoms with E-state index in [0.717, 1.165) is 16.5 Å². The molecule has 0 fully saturated rings. The topological polar surface area (TPSA) is 111 Å². The van der Waals surface area contributed by atoms with Gasteiger partial charge in [0.2, 0.25) is 0 Å². The molecule has 0 radical (unpaired) electrons. The van der Waals surface area contributed by atoms with E-state index in [1.54, 1.807) is 6.07 Å². The number of aromatic nitrogens is 3. The van der Waals surface area contributed by atoms with Crippen molar-refractivity contribution in [2.24, 2.45) is 11.5 Å². The first-order valence-corrected chi connectivity index (χ1v) is 7.06. The first-order chi connectivity index (χ1) is 10.7. The number of fused-ring (bicyclic) bond motifs is 1. The van der Waals surface area contributed by atoms with E-state index in [1.807, 2.05) is 30.5 Å². The quantitative estimate of drug-likeness (QED) is 0.612. The van der Waals surface area contributed by atoms with E-state index in [-0.39, 0.29) is 12.3 Å². The van der Waals surface area contributed by atoms with Gasteiger partial charge in [0.15, 0.2) is 5.78 Å². The highest BCUT2D eigenvalue weighted by Crippen LogP contribution is 2.19. The first kappa shape index (κ1) is 14.4. The number of para-hydroxylation sites is 1. The van der Waals surface area contributed by atoms with E-state index in [2.05, 4.69) is 15.0 Å². The molecule has 1 atom stereocenters. The molecule has 2 aromatic heterocycles. The summed E-state index contributed by atoms with van der Waals surface area (Å²) in [7, 11) is 0. The fourth-order valence-electron chi connectivity index (χ4n) is 2.45. The lowest BCUT2D eigenvalue weighted by Crippen LogP contribution is -2.33. The van der Waals surface area contributed by atoms with Crippen LogP contribution in [0.15, 0.2) is 42.7 Å². The first-order valence-electron chi connectivity index (χ1n) is 7.06. The van der Waals surface area contributed by atoms with E-state index in [9.17, 15) is 4.79 Å². The van der Waals surface area contributed by atoms with Gasteiger partial charge >= 0.3 is 0 Å². The van der Waals surface area contributed by atoms with Crippen LogP contribution in [0.3, 0.4) is 0 Å². The number of benzene rings is 1. The van der Waals surface area contributed by atoms with Crippen molar-refractivity contribution >= 4 is 16.7 Å². The number of aromatic amines is 1. The zero-order valence-electron chi connectivity index (χ0n) is 12.0. The van der Waals surface area contributed by atoms with Crippen molar-refractivity contribution in [2.45, 2.75) is 19.0 Å². The van der Waals surface area contributed by atoms with Crippen LogP contribution < -0.4 is 11.5 Å². The molecule has 0 aliphatic rings. The Hall–Kier alpha value is -2.57. The third kappa shape index (κ3) is 2.74. The van der Waals surface area contributed by atoms with Crippen molar-refractivity contribution in [1.82, 2.24) is 15.0 Å². The number of nitrogens with zero attached hydrogens (tertiary/aromatic N) is 2. The Balaban J connectivity index is 1.81. The molecule has 3 aromatic rings. The summed E-state index contributed by atoms with van der Waals surface area (Å²) in [5, 5.41) is 1.08. The van der Waals surface area contributed by atoms with Crippen molar-refractivity contribution in [2.75, 3.05) is 0 Å². The van der Waals surface area contributed by atoms with Gasteiger partial charge in [0.05, 0.1) is 12.6 Å².